The minimum absolute atomic E-state index is 0.0142. The Morgan fingerprint density at radius 1 is 1.27 bits per heavy atom. The number of thioether (sulfide) groups is 1. The zero-order valence-corrected chi connectivity index (χ0v) is 16.9. The second-order valence-corrected chi connectivity index (χ2v) is 8.38. The molecule has 136 valence electrons. The third-order valence-corrected chi connectivity index (χ3v) is 6.55. The largest absolute Gasteiger partial charge is 0.383 e. The summed E-state index contributed by atoms with van der Waals surface area (Å²) in [4.78, 5) is 25.3. The molecule has 0 spiro atoms. The normalized spacial score (nSPS) is 12.3. The molecule has 26 heavy (non-hydrogen) atoms. The number of hydrogen-bond acceptors (Lipinski definition) is 6. The Kier molecular flexibility index (Phi) is 5.48. The van der Waals surface area contributed by atoms with E-state index in [4.69, 9.17) is 5.73 Å². The highest BCUT2D eigenvalue weighted by Crippen LogP contribution is 2.33. The monoisotopic (exact) mass is 386 g/mol. The first-order chi connectivity index (χ1) is 12.4. The number of anilines is 1. The molecule has 1 unspecified atom stereocenters. The van der Waals surface area contributed by atoms with Gasteiger partial charge in [-0.2, -0.15) is 0 Å². The maximum atomic E-state index is 12.6. The van der Waals surface area contributed by atoms with Gasteiger partial charge in [0.15, 0.2) is 5.16 Å². The van der Waals surface area contributed by atoms with Gasteiger partial charge in [-0.1, -0.05) is 42.1 Å². The minimum atomic E-state index is 0.0142. The summed E-state index contributed by atoms with van der Waals surface area (Å²) in [6.45, 7) is 6.11. The molecular weight excluding hydrogens is 364 g/mol. The first-order valence-corrected chi connectivity index (χ1v) is 10.1. The third kappa shape index (κ3) is 3.68. The number of carbonyl (C=O) groups excluding carboxylic acids is 1. The molecule has 0 aliphatic heterocycles. The van der Waals surface area contributed by atoms with Crippen LogP contribution in [0.2, 0.25) is 0 Å². The van der Waals surface area contributed by atoms with Gasteiger partial charge >= 0.3 is 0 Å². The quantitative estimate of drug-likeness (QED) is 0.525. The molecule has 0 radical (unpaired) electrons. The van der Waals surface area contributed by atoms with Crippen LogP contribution in [-0.4, -0.2) is 33.6 Å². The minimum Gasteiger partial charge on any atom is -0.383 e. The SMILES string of the molecule is Cc1sc2nc(SCC(=O)N(C)C(C)c3ccccc3)nc(N)c2c1C. The fraction of sp³-hybridized carbons (Fsp3) is 0.316. The molecule has 1 atom stereocenters. The van der Waals surface area contributed by atoms with Gasteiger partial charge in [0.05, 0.1) is 17.2 Å². The standard InChI is InChI=1S/C19H22N4OS2/c1-11-13(3)26-18-16(11)17(20)21-19(22-18)25-10-15(24)23(4)12(2)14-8-6-5-7-9-14/h5-9,12H,10H2,1-4H3,(H2,20,21,22). The second-order valence-electron chi connectivity index (χ2n) is 6.23. The average molecular weight is 387 g/mol. The molecule has 0 aliphatic carbocycles. The van der Waals surface area contributed by atoms with Gasteiger partial charge in [0.1, 0.15) is 10.6 Å². The zero-order valence-electron chi connectivity index (χ0n) is 15.3. The summed E-state index contributed by atoms with van der Waals surface area (Å²) in [5.74, 6) is 0.798. The van der Waals surface area contributed by atoms with E-state index < -0.39 is 0 Å². The molecule has 0 bridgehead atoms. The predicted octanol–water partition coefficient (Wildman–Crippen LogP) is 4.20. The summed E-state index contributed by atoms with van der Waals surface area (Å²) in [7, 11) is 1.82. The Bertz CT molecular complexity index is 940. The Morgan fingerprint density at radius 3 is 2.65 bits per heavy atom. The van der Waals surface area contributed by atoms with Crippen molar-refractivity contribution >= 4 is 45.0 Å². The van der Waals surface area contributed by atoms with Gasteiger partial charge in [-0.05, 0) is 31.9 Å². The van der Waals surface area contributed by atoms with Crippen molar-refractivity contribution in [1.82, 2.24) is 14.9 Å². The number of hydrogen-bond donors (Lipinski definition) is 1. The molecular formula is C19H22N4OS2. The lowest BCUT2D eigenvalue weighted by atomic mass is 10.1. The van der Waals surface area contributed by atoms with Crippen molar-refractivity contribution in [2.24, 2.45) is 0 Å². The van der Waals surface area contributed by atoms with Crippen LogP contribution in [0.1, 0.15) is 29.0 Å². The van der Waals surface area contributed by atoms with Crippen molar-refractivity contribution in [3.8, 4) is 0 Å². The van der Waals surface area contributed by atoms with E-state index in [1.54, 1.807) is 16.2 Å². The van der Waals surface area contributed by atoms with E-state index in [1.165, 1.54) is 16.6 Å². The zero-order chi connectivity index (χ0) is 18.8. The molecule has 5 nitrogen and oxygen atoms in total. The highest BCUT2D eigenvalue weighted by Gasteiger charge is 2.19. The van der Waals surface area contributed by atoms with Crippen LogP contribution in [0.25, 0.3) is 10.2 Å². The second kappa shape index (κ2) is 7.63. The number of amides is 1. The van der Waals surface area contributed by atoms with Gasteiger partial charge in [0.25, 0.3) is 0 Å². The van der Waals surface area contributed by atoms with Gasteiger partial charge < -0.3 is 10.6 Å². The lowest BCUT2D eigenvalue weighted by Crippen LogP contribution is -2.31. The Labute approximate surface area is 161 Å². The van der Waals surface area contributed by atoms with E-state index in [1.807, 2.05) is 51.2 Å². The highest BCUT2D eigenvalue weighted by atomic mass is 32.2. The average Bonchev–Trinajstić information content (AvgIpc) is 2.93. The smallest absolute Gasteiger partial charge is 0.233 e. The number of benzene rings is 1. The summed E-state index contributed by atoms with van der Waals surface area (Å²) >= 11 is 2.94. The van der Waals surface area contributed by atoms with Crippen molar-refractivity contribution < 1.29 is 4.79 Å². The van der Waals surface area contributed by atoms with Gasteiger partial charge in [-0.25, -0.2) is 9.97 Å². The Morgan fingerprint density at radius 2 is 1.96 bits per heavy atom. The lowest BCUT2D eigenvalue weighted by Gasteiger charge is -2.25. The van der Waals surface area contributed by atoms with Crippen molar-refractivity contribution in [1.29, 1.82) is 0 Å². The number of fused-ring (bicyclic) bond motifs is 1. The summed E-state index contributed by atoms with van der Waals surface area (Å²) in [5.41, 5.74) is 8.35. The van der Waals surface area contributed by atoms with Crippen molar-refractivity contribution in [3.63, 3.8) is 0 Å². The number of aromatic nitrogens is 2. The maximum Gasteiger partial charge on any atom is 0.233 e. The summed E-state index contributed by atoms with van der Waals surface area (Å²) < 4.78 is 0. The van der Waals surface area contributed by atoms with Crippen molar-refractivity contribution in [2.75, 3.05) is 18.5 Å². The molecule has 3 rings (SSSR count). The van der Waals surface area contributed by atoms with Crippen LogP contribution in [0.4, 0.5) is 5.82 Å². The molecule has 0 fully saturated rings. The first kappa shape index (κ1) is 18.7. The summed E-state index contributed by atoms with van der Waals surface area (Å²) in [6.07, 6.45) is 0. The molecule has 1 amide bonds. The van der Waals surface area contributed by atoms with E-state index in [2.05, 4.69) is 16.9 Å². The van der Waals surface area contributed by atoms with Crippen LogP contribution in [0.3, 0.4) is 0 Å². The highest BCUT2D eigenvalue weighted by molar-refractivity contribution is 7.99. The number of carbonyl (C=O) groups is 1. The number of nitrogen functional groups attached to an aromatic ring is 1. The summed E-state index contributed by atoms with van der Waals surface area (Å²) in [5, 5.41) is 1.48. The van der Waals surface area contributed by atoms with Crippen molar-refractivity contribution in [3.05, 3.63) is 46.3 Å². The topological polar surface area (TPSA) is 72.1 Å². The fourth-order valence-electron chi connectivity index (χ4n) is 2.72. The molecule has 0 saturated carbocycles. The molecule has 7 heteroatoms. The molecule has 3 aromatic rings. The number of nitrogens with zero attached hydrogens (tertiary/aromatic N) is 3. The van der Waals surface area contributed by atoms with Crippen LogP contribution in [0, 0.1) is 13.8 Å². The molecule has 0 aliphatic rings. The Balaban J connectivity index is 1.70. The van der Waals surface area contributed by atoms with E-state index in [0.29, 0.717) is 11.0 Å². The van der Waals surface area contributed by atoms with Crippen LogP contribution < -0.4 is 5.73 Å². The lowest BCUT2D eigenvalue weighted by molar-refractivity contribution is -0.128. The van der Waals surface area contributed by atoms with Crippen LogP contribution in [0.15, 0.2) is 35.5 Å². The van der Waals surface area contributed by atoms with Gasteiger partial charge in [0, 0.05) is 11.9 Å². The van der Waals surface area contributed by atoms with Crippen LogP contribution in [0.5, 0.6) is 0 Å². The molecule has 2 aromatic heterocycles. The van der Waals surface area contributed by atoms with Crippen molar-refractivity contribution in [2.45, 2.75) is 32.0 Å². The van der Waals surface area contributed by atoms with Crippen LogP contribution in [-0.2, 0) is 4.79 Å². The van der Waals surface area contributed by atoms with Crippen LogP contribution >= 0.6 is 23.1 Å². The number of nitrogens with two attached hydrogens (primary N) is 1. The van der Waals surface area contributed by atoms with E-state index >= 15 is 0 Å². The molecule has 2 heterocycles. The molecule has 2 N–H and O–H groups in total. The first-order valence-electron chi connectivity index (χ1n) is 8.35. The van der Waals surface area contributed by atoms with E-state index in [9.17, 15) is 4.79 Å². The third-order valence-electron chi connectivity index (χ3n) is 4.62. The predicted molar refractivity (Wildman–Crippen MR) is 110 cm³/mol. The van der Waals surface area contributed by atoms with Gasteiger partial charge in [-0.15, -0.1) is 11.3 Å². The summed E-state index contributed by atoms with van der Waals surface area (Å²) in [6, 6.07) is 10.0. The number of rotatable bonds is 5. The van der Waals surface area contributed by atoms with Gasteiger partial charge in [0.2, 0.25) is 5.91 Å². The fourth-order valence-corrected chi connectivity index (χ4v) is 4.59. The number of thiophene rings is 1. The number of aryl methyl sites for hydroxylation is 2. The van der Waals surface area contributed by atoms with E-state index in [0.717, 1.165) is 21.3 Å². The maximum absolute atomic E-state index is 12.6. The Hall–Kier alpha value is -2.12. The molecule has 1 aromatic carbocycles. The van der Waals surface area contributed by atoms with E-state index in [-0.39, 0.29) is 17.7 Å². The molecule has 0 saturated heterocycles. The van der Waals surface area contributed by atoms with Gasteiger partial charge in [-0.3, -0.25) is 4.79 Å².